The molecule has 0 saturated carbocycles. The van der Waals surface area contributed by atoms with Gasteiger partial charge in [-0.2, -0.15) is 0 Å². The minimum Gasteiger partial charge on any atom is -0.389 e. The first-order valence-corrected chi connectivity index (χ1v) is 10.8. The van der Waals surface area contributed by atoms with Crippen LogP contribution in [0.2, 0.25) is 0 Å². The normalized spacial score (nSPS) is 28.2. The van der Waals surface area contributed by atoms with Gasteiger partial charge >= 0.3 is 0 Å². The largest absolute Gasteiger partial charge is 0.389 e. The van der Waals surface area contributed by atoms with Gasteiger partial charge in [-0.05, 0) is 12.8 Å². The van der Waals surface area contributed by atoms with Gasteiger partial charge in [0.1, 0.15) is 12.1 Å². The lowest BCUT2D eigenvalue weighted by Crippen LogP contribution is -2.91. The molecule has 4 atom stereocenters. The van der Waals surface area contributed by atoms with E-state index >= 15 is 0 Å². The van der Waals surface area contributed by atoms with E-state index in [0.717, 1.165) is 25.7 Å². The van der Waals surface area contributed by atoms with Gasteiger partial charge in [0, 0.05) is 23.5 Å². The van der Waals surface area contributed by atoms with Gasteiger partial charge < -0.3 is 10.4 Å². The predicted octanol–water partition coefficient (Wildman–Crippen LogP) is 5.16. The van der Waals surface area contributed by atoms with Crippen LogP contribution in [0.4, 0.5) is 0 Å². The maximum absolute atomic E-state index is 11.9. The highest BCUT2D eigenvalue weighted by Crippen LogP contribution is 2.43. The van der Waals surface area contributed by atoms with E-state index in [1.165, 1.54) is 30.4 Å². The van der Waals surface area contributed by atoms with Gasteiger partial charge in [-0.15, -0.1) is 0 Å². The van der Waals surface area contributed by atoms with Crippen LogP contribution in [0, 0.1) is 5.92 Å². The van der Waals surface area contributed by atoms with Crippen molar-refractivity contribution in [2.45, 2.75) is 76.5 Å². The van der Waals surface area contributed by atoms with Crippen molar-refractivity contribution >= 4 is 0 Å². The fraction of sp³-hybridized carbons (Fsp3) is 0.520. The van der Waals surface area contributed by atoms with E-state index in [2.05, 4.69) is 79.8 Å². The number of rotatable bonds is 8. The Balaban J connectivity index is 1.89. The number of hydrogen-bond acceptors (Lipinski definition) is 1. The van der Waals surface area contributed by atoms with Gasteiger partial charge in [0.15, 0.2) is 0 Å². The first kappa shape index (κ1) is 20.1. The highest BCUT2D eigenvalue weighted by Gasteiger charge is 2.49. The Morgan fingerprint density at radius 2 is 1.52 bits per heavy atom. The lowest BCUT2D eigenvalue weighted by Gasteiger charge is -2.46. The monoisotopic (exact) mass is 366 g/mol. The second kappa shape index (κ2) is 9.52. The summed E-state index contributed by atoms with van der Waals surface area (Å²) in [7, 11) is 0. The van der Waals surface area contributed by atoms with Gasteiger partial charge in [0.2, 0.25) is 0 Å². The van der Waals surface area contributed by atoms with E-state index in [0.29, 0.717) is 18.0 Å². The average molecular weight is 367 g/mol. The number of aliphatic hydroxyl groups is 1. The number of quaternary nitrogens is 1. The summed E-state index contributed by atoms with van der Waals surface area (Å²) in [4.78, 5) is 0. The molecule has 27 heavy (non-hydrogen) atoms. The van der Waals surface area contributed by atoms with E-state index in [4.69, 9.17) is 0 Å². The van der Waals surface area contributed by atoms with Crippen LogP contribution < -0.4 is 5.32 Å². The standard InChI is InChI=1S/C25H35NO/c1-3-5-6-13-18-25(27)19-23(20-14-9-7-10-15-20)26-24(22(25)4-2)21-16-11-8-12-17-21/h7-12,14-17,22-24,26-27H,3-6,13,18-19H2,1-2H3/p+1/t22-,23-,24+,25+/m0/s1. The van der Waals surface area contributed by atoms with Crippen LogP contribution in [0.5, 0.6) is 0 Å². The van der Waals surface area contributed by atoms with Gasteiger partial charge in [0.25, 0.3) is 0 Å². The topological polar surface area (TPSA) is 36.8 Å². The van der Waals surface area contributed by atoms with Gasteiger partial charge in [-0.25, -0.2) is 0 Å². The minimum absolute atomic E-state index is 0.293. The molecule has 146 valence electrons. The number of hydrogen-bond donors (Lipinski definition) is 2. The average Bonchev–Trinajstić information content (AvgIpc) is 2.72. The third-order valence-corrected chi connectivity index (χ3v) is 6.45. The quantitative estimate of drug-likeness (QED) is 0.622. The van der Waals surface area contributed by atoms with Crippen molar-refractivity contribution in [3.05, 3.63) is 71.8 Å². The van der Waals surface area contributed by atoms with Gasteiger partial charge in [-0.3, -0.25) is 0 Å². The molecule has 1 fully saturated rings. The first-order valence-electron chi connectivity index (χ1n) is 10.8. The predicted molar refractivity (Wildman–Crippen MR) is 112 cm³/mol. The molecule has 0 spiro atoms. The van der Waals surface area contributed by atoms with Crippen molar-refractivity contribution in [2.24, 2.45) is 5.92 Å². The van der Waals surface area contributed by atoms with Crippen LogP contribution in [-0.4, -0.2) is 10.7 Å². The smallest absolute Gasteiger partial charge is 0.118 e. The van der Waals surface area contributed by atoms with Crippen LogP contribution in [0.25, 0.3) is 0 Å². The Morgan fingerprint density at radius 3 is 2.11 bits per heavy atom. The first-order chi connectivity index (χ1) is 13.2. The van der Waals surface area contributed by atoms with E-state index in [1.54, 1.807) is 0 Å². The number of nitrogens with two attached hydrogens (primary N) is 1. The van der Waals surface area contributed by atoms with Crippen LogP contribution >= 0.6 is 0 Å². The maximum Gasteiger partial charge on any atom is 0.118 e. The van der Waals surface area contributed by atoms with E-state index in [9.17, 15) is 5.11 Å². The summed E-state index contributed by atoms with van der Waals surface area (Å²) in [5, 5.41) is 14.4. The molecular weight excluding hydrogens is 330 g/mol. The molecule has 2 aromatic carbocycles. The highest BCUT2D eigenvalue weighted by atomic mass is 16.3. The molecule has 2 nitrogen and oxygen atoms in total. The second-order valence-electron chi connectivity index (χ2n) is 8.28. The zero-order valence-corrected chi connectivity index (χ0v) is 17.0. The summed E-state index contributed by atoms with van der Waals surface area (Å²) in [5.74, 6) is 0.293. The zero-order chi connectivity index (χ0) is 19.1. The Kier molecular flexibility index (Phi) is 7.09. The summed E-state index contributed by atoms with van der Waals surface area (Å²) >= 11 is 0. The number of unbranched alkanes of at least 4 members (excludes halogenated alkanes) is 3. The molecule has 3 N–H and O–H groups in total. The van der Waals surface area contributed by atoms with Crippen LogP contribution in [0.3, 0.4) is 0 Å². The molecule has 2 heteroatoms. The summed E-state index contributed by atoms with van der Waals surface area (Å²) in [5.41, 5.74) is 2.09. The fourth-order valence-corrected chi connectivity index (χ4v) is 5.05. The Hall–Kier alpha value is -1.64. The lowest BCUT2D eigenvalue weighted by molar-refractivity contribution is -0.757. The van der Waals surface area contributed by atoms with Gasteiger partial charge in [-0.1, -0.05) is 100 Å². The second-order valence-corrected chi connectivity index (χ2v) is 8.28. The number of benzene rings is 2. The SMILES string of the molecule is CCCCCC[C@@]1(O)C[C@@H](c2ccccc2)[NH2+][C@H](c2ccccc2)[C@@H]1CC. The van der Waals surface area contributed by atoms with E-state index in [-0.39, 0.29) is 0 Å². The van der Waals surface area contributed by atoms with Crippen LogP contribution in [0.15, 0.2) is 60.7 Å². The molecule has 1 aliphatic rings. The highest BCUT2D eigenvalue weighted by molar-refractivity contribution is 5.22. The third kappa shape index (κ3) is 4.80. The minimum atomic E-state index is -0.585. The van der Waals surface area contributed by atoms with Crippen LogP contribution in [0.1, 0.15) is 82.0 Å². The summed E-state index contributed by atoms with van der Waals surface area (Å²) < 4.78 is 0. The van der Waals surface area contributed by atoms with Crippen molar-refractivity contribution in [3.63, 3.8) is 0 Å². The third-order valence-electron chi connectivity index (χ3n) is 6.45. The maximum atomic E-state index is 11.9. The Labute approximate surface area is 165 Å². The molecule has 0 amide bonds. The molecule has 3 rings (SSSR count). The molecular formula is C25H36NO+. The molecule has 0 aromatic heterocycles. The summed E-state index contributed by atoms with van der Waals surface area (Å²) in [6.07, 6.45) is 7.65. The summed E-state index contributed by atoms with van der Waals surface area (Å²) in [6.45, 7) is 4.49. The molecule has 0 radical (unpaired) electrons. The molecule has 2 aromatic rings. The van der Waals surface area contributed by atoms with E-state index in [1.807, 2.05) is 0 Å². The molecule has 1 heterocycles. The van der Waals surface area contributed by atoms with E-state index < -0.39 is 5.60 Å². The van der Waals surface area contributed by atoms with Crippen molar-refractivity contribution in [3.8, 4) is 0 Å². The van der Waals surface area contributed by atoms with Crippen molar-refractivity contribution in [1.29, 1.82) is 0 Å². The van der Waals surface area contributed by atoms with Gasteiger partial charge in [0.05, 0.1) is 5.60 Å². The molecule has 1 aliphatic heterocycles. The van der Waals surface area contributed by atoms with Crippen LogP contribution in [-0.2, 0) is 0 Å². The molecule has 1 saturated heterocycles. The molecule has 0 unspecified atom stereocenters. The molecule has 0 aliphatic carbocycles. The molecule has 0 bridgehead atoms. The number of piperidine rings is 1. The Bertz CT molecular complexity index is 671. The fourth-order valence-electron chi connectivity index (χ4n) is 5.05. The van der Waals surface area contributed by atoms with Crippen molar-refractivity contribution in [2.75, 3.05) is 0 Å². The Morgan fingerprint density at radius 1 is 0.889 bits per heavy atom. The van der Waals surface area contributed by atoms with Crippen molar-refractivity contribution < 1.29 is 10.4 Å². The summed E-state index contributed by atoms with van der Waals surface area (Å²) in [6, 6.07) is 22.2. The lowest BCUT2D eigenvalue weighted by atomic mass is 9.68. The van der Waals surface area contributed by atoms with Crippen molar-refractivity contribution in [1.82, 2.24) is 0 Å². The zero-order valence-electron chi connectivity index (χ0n) is 17.0.